The number of amides is 1. The zero-order valence-electron chi connectivity index (χ0n) is 15.4. The average Bonchev–Trinajstić information content (AvgIpc) is 2.94. The van der Waals surface area contributed by atoms with Crippen LogP contribution in [0.15, 0.2) is 29.2 Å². The Labute approximate surface area is 166 Å². The van der Waals surface area contributed by atoms with Gasteiger partial charge in [0.05, 0.1) is 22.4 Å². The van der Waals surface area contributed by atoms with E-state index >= 15 is 0 Å². The summed E-state index contributed by atoms with van der Waals surface area (Å²) < 4.78 is 51.0. The molecule has 1 aliphatic rings. The lowest BCUT2D eigenvalue weighted by Crippen LogP contribution is -2.51. The topological polar surface area (TPSA) is 101 Å². The first-order valence-corrected chi connectivity index (χ1v) is 12.5. The molecule has 0 bridgehead atoms. The van der Waals surface area contributed by atoms with Crippen LogP contribution in [-0.2, 0) is 24.7 Å². The first-order valence-electron chi connectivity index (χ1n) is 8.84. The second-order valence-electron chi connectivity index (χ2n) is 6.74. The van der Waals surface area contributed by atoms with Gasteiger partial charge in [-0.1, -0.05) is 24.9 Å². The smallest absolute Gasteiger partial charge is 0.241 e. The van der Waals surface area contributed by atoms with Crippen molar-refractivity contribution in [2.24, 2.45) is 0 Å². The monoisotopic (exact) mass is 436 g/mol. The Morgan fingerprint density at radius 1 is 1.33 bits per heavy atom. The van der Waals surface area contributed by atoms with Gasteiger partial charge in [-0.15, -0.1) is 0 Å². The van der Waals surface area contributed by atoms with Crippen LogP contribution < -0.4 is 4.72 Å². The minimum atomic E-state index is -3.90. The van der Waals surface area contributed by atoms with Crippen molar-refractivity contribution in [3.8, 4) is 0 Å². The van der Waals surface area contributed by atoms with E-state index in [1.807, 2.05) is 6.92 Å². The summed E-state index contributed by atoms with van der Waals surface area (Å²) in [5.74, 6) is -0.430. The molecule has 2 atom stereocenters. The maximum absolute atomic E-state index is 12.9. The van der Waals surface area contributed by atoms with E-state index in [4.69, 9.17) is 11.6 Å². The number of sulfonamides is 1. The van der Waals surface area contributed by atoms with Crippen molar-refractivity contribution in [2.75, 3.05) is 18.1 Å². The quantitative estimate of drug-likeness (QED) is 0.669. The van der Waals surface area contributed by atoms with Crippen molar-refractivity contribution in [1.29, 1.82) is 0 Å². The van der Waals surface area contributed by atoms with Gasteiger partial charge in [-0.3, -0.25) is 4.79 Å². The minimum Gasteiger partial charge on any atom is -0.337 e. The number of carbonyl (C=O) groups excluding carboxylic acids is 1. The largest absolute Gasteiger partial charge is 0.337 e. The highest BCUT2D eigenvalue weighted by Crippen LogP contribution is 2.20. The fourth-order valence-corrected chi connectivity index (χ4v) is 6.09. The standard InChI is InChI=1S/C17H25ClN2O5S2/c1-3-4-10-20(15-9-11-26(22,23)12-15)17(21)13(2)19-27(24,25)16-7-5-14(18)6-8-16/h5-8,13,15,19H,3-4,9-12H2,1-2H3/t13-,15?/m0/s1. The van der Waals surface area contributed by atoms with Gasteiger partial charge in [0.1, 0.15) is 0 Å². The van der Waals surface area contributed by atoms with Gasteiger partial charge in [0.25, 0.3) is 0 Å². The van der Waals surface area contributed by atoms with E-state index in [1.165, 1.54) is 36.1 Å². The van der Waals surface area contributed by atoms with E-state index in [2.05, 4.69) is 4.72 Å². The molecule has 0 aromatic heterocycles. The Hall–Kier alpha value is -1.16. The molecule has 2 rings (SSSR count). The molecule has 1 fully saturated rings. The Balaban J connectivity index is 2.15. The highest BCUT2D eigenvalue weighted by molar-refractivity contribution is 7.91. The lowest BCUT2D eigenvalue weighted by molar-refractivity contribution is -0.134. The van der Waals surface area contributed by atoms with Crippen LogP contribution in [0.2, 0.25) is 5.02 Å². The predicted molar refractivity (Wildman–Crippen MR) is 105 cm³/mol. The Morgan fingerprint density at radius 2 is 1.96 bits per heavy atom. The van der Waals surface area contributed by atoms with Crippen LogP contribution in [-0.4, -0.2) is 57.8 Å². The van der Waals surface area contributed by atoms with E-state index in [0.29, 0.717) is 18.0 Å². The summed E-state index contributed by atoms with van der Waals surface area (Å²) in [6.07, 6.45) is 1.95. The lowest BCUT2D eigenvalue weighted by atomic mass is 10.1. The molecule has 1 unspecified atom stereocenters. The molecule has 0 saturated carbocycles. The molecular weight excluding hydrogens is 412 g/mol. The number of benzene rings is 1. The molecular formula is C17H25ClN2O5S2. The zero-order valence-corrected chi connectivity index (χ0v) is 17.8. The van der Waals surface area contributed by atoms with Crippen LogP contribution in [0.4, 0.5) is 0 Å². The first-order chi connectivity index (χ1) is 12.6. The summed E-state index contributed by atoms with van der Waals surface area (Å²) in [6.45, 7) is 3.85. The van der Waals surface area contributed by atoms with Gasteiger partial charge in [-0.25, -0.2) is 16.8 Å². The van der Waals surface area contributed by atoms with Gasteiger partial charge in [-0.2, -0.15) is 4.72 Å². The summed E-state index contributed by atoms with van der Waals surface area (Å²) in [7, 11) is -7.05. The van der Waals surface area contributed by atoms with Crippen molar-refractivity contribution < 1.29 is 21.6 Å². The van der Waals surface area contributed by atoms with Crippen molar-refractivity contribution in [1.82, 2.24) is 9.62 Å². The molecule has 1 heterocycles. The minimum absolute atomic E-state index is 0.00935. The lowest BCUT2D eigenvalue weighted by Gasteiger charge is -2.31. The van der Waals surface area contributed by atoms with E-state index in [9.17, 15) is 21.6 Å². The number of sulfone groups is 1. The summed E-state index contributed by atoms with van der Waals surface area (Å²) in [5, 5.41) is 0.409. The summed E-state index contributed by atoms with van der Waals surface area (Å²) >= 11 is 5.78. The van der Waals surface area contributed by atoms with Crippen molar-refractivity contribution in [2.45, 2.75) is 50.1 Å². The van der Waals surface area contributed by atoms with E-state index in [0.717, 1.165) is 12.8 Å². The van der Waals surface area contributed by atoms with Crippen LogP contribution in [0.5, 0.6) is 0 Å². The number of rotatable bonds is 8. The number of halogens is 1. The molecule has 1 aromatic carbocycles. The average molecular weight is 437 g/mol. The van der Waals surface area contributed by atoms with Crippen molar-refractivity contribution in [3.05, 3.63) is 29.3 Å². The zero-order chi connectivity index (χ0) is 20.2. The normalized spacial score (nSPS) is 20.3. The molecule has 10 heteroatoms. The van der Waals surface area contributed by atoms with Gasteiger partial charge in [0.2, 0.25) is 15.9 Å². The summed E-state index contributed by atoms with van der Waals surface area (Å²) in [6, 6.07) is 4.22. The number of unbranched alkanes of at least 4 members (excludes halogenated alkanes) is 1. The van der Waals surface area contributed by atoms with Gasteiger partial charge >= 0.3 is 0 Å². The van der Waals surface area contributed by atoms with Crippen molar-refractivity contribution >= 4 is 37.4 Å². The molecule has 1 amide bonds. The number of hydrogen-bond donors (Lipinski definition) is 1. The first kappa shape index (κ1) is 22.1. The van der Waals surface area contributed by atoms with Gasteiger partial charge < -0.3 is 4.90 Å². The van der Waals surface area contributed by atoms with Crippen LogP contribution in [0, 0.1) is 0 Å². The van der Waals surface area contributed by atoms with Crippen LogP contribution in [0.1, 0.15) is 33.1 Å². The van der Waals surface area contributed by atoms with Crippen LogP contribution in [0.25, 0.3) is 0 Å². The SMILES string of the molecule is CCCCN(C(=O)[C@H](C)NS(=O)(=O)c1ccc(Cl)cc1)C1CCS(=O)(=O)C1. The van der Waals surface area contributed by atoms with Crippen LogP contribution in [0.3, 0.4) is 0 Å². The molecule has 1 aliphatic heterocycles. The van der Waals surface area contributed by atoms with Gasteiger partial charge in [0.15, 0.2) is 9.84 Å². The molecule has 27 heavy (non-hydrogen) atoms. The number of nitrogens with one attached hydrogen (secondary N) is 1. The van der Waals surface area contributed by atoms with E-state index in [1.54, 1.807) is 0 Å². The summed E-state index contributed by atoms with van der Waals surface area (Å²) in [4.78, 5) is 14.4. The third-order valence-corrected chi connectivity index (χ3v) is 8.07. The number of nitrogens with zero attached hydrogens (tertiary/aromatic N) is 1. The molecule has 1 aromatic rings. The van der Waals surface area contributed by atoms with Gasteiger partial charge in [0, 0.05) is 17.6 Å². The second kappa shape index (κ2) is 8.89. The molecule has 1 N–H and O–H groups in total. The number of hydrogen-bond acceptors (Lipinski definition) is 5. The highest BCUT2D eigenvalue weighted by atomic mass is 35.5. The van der Waals surface area contributed by atoms with Crippen molar-refractivity contribution in [3.63, 3.8) is 0 Å². The fraction of sp³-hybridized carbons (Fsp3) is 0.588. The highest BCUT2D eigenvalue weighted by Gasteiger charge is 2.36. The Bertz CT molecular complexity index is 869. The van der Waals surface area contributed by atoms with E-state index in [-0.39, 0.29) is 16.4 Å². The molecule has 7 nitrogen and oxygen atoms in total. The molecule has 0 aliphatic carbocycles. The molecule has 152 valence electrons. The Morgan fingerprint density at radius 3 is 2.48 bits per heavy atom. The second-order valence-corrected chi connectivity index (χ2v) is 11.1. The molecule has 1 saturated heterocycles. The molecule has 0 spiro atoms. The van der Waals surface area contributed by atoms with Crippen LogP contribution >= 0.6 is 11.6 Å². The maximum Gasteiger partial charge on any atom is 0.241 e. The van der Waals surface area contributed by atoms with Gasteiger partial charge in [-0.05, 0) is 44.0 Å². The Kier molecular flexibility index (Phi) is 7.29. The number of carbonyl (C=O) groups is 1. The predicted octanol–water partition coefficient (Wildman–Crippen LogP) is 1.82. The van der Waals surface area contributed by atoms with E-state index < -0.39 is 37.9 Å². The molecule has 0 radical (unpaired) electrons. The third-order valence-electron chi connectivity index (χ3n) is 4.51. The maximum atomic E-state index is 12.9. The fourth-order valence-electron chi connectivity index (χ4n) is 3.04. The summed E-state index contributed by atoms with van der Waals surface area (Å²) in [5.41, 5.74) is 0. The third kappa shape index (κ3) is 5.91.